The minimum atomic E-state index is 0.851. The number of anilines is 1. The van der Waals surface area contributed by atoms with Crippen LogP contribution in [0.4, 0.5) is 5.69 Å². The van der Waals surface area contributed by atoms with Crippen LogP contribution in [0.15, 0.2) is 36.0 Å². The average molecular weight is 190 g/mol. The van der Waals surface area contributed by atoms with Gasteiger partial charge in [-0.25, -0.2) is 0 Å². The number of hydrogen-bond donors (Lipinski definition) is 1. The predicted molar refractivity (Wildman–Crippen MR) is 55.8 cm³/mol. The van der Waals surface area contributed by atoms with Crippen molar-refractivity contribution in [3.8, 4) is 0 Å². The Kier molecular flexibility index (Phi) is 2.27. The Labute approximate surface area is 81.1 Å². The van der Waals surface area contributed by atoms with Crippen LogP contribution >= 0.6 is 11.3 Å². The fourth-order valence-electron chi connectivity index (χ4n) is 1.19. The molecule has 0 saturated heterocycles. The van der Waals surface area contributed by atoms with Crippen LogP contribution < -0.4 is 5.73 Å². The molecule has 0 unspecified atom stereocenters. The van der Waals surface area contributed by atoms with Gasteiger partial charge >= 0.3 is 0 Å². The summed E-state index contributed by atoms with van der Waals surface area (Å²) in [5.74, 6) is 0. The van der Waals surface area contributed by atoms with Crippen LogP contribution in [0.25, 0.3) is 0 Å². The molecule has 0 atom stereocenters. The van der Waals surface area contributed by atoms with Crippen LogP contribution in [0.2, 0.25) is 0 Å². The molecule has 0 radical (unpaired) electrons. The first-order valence-electron chi connectivity index (χ1n) is 4.06. The van der Waals surface area contributed by atoms with Crippen molar-refractivity contribution in [1.82, 2.24) is 4.98 Å². The summed E-state index contributed by atoms with van der Waals surface area (Å²) in [6.45, 7) is 0. The summed E-state index contributed by atoms with van der Waals surface area (Å²) in [4.78, 5) is 5.34. The average Bonchev–Trinajstić information content (AvgIpc) is 2.53. The van der Waals surface area contributed by atoms with Crippen molar-refractivity contribution in [3.63, 3.8) is 0 Å². The van der Waals surface area contributed by atoms with Crippen LogP contribution in [0.3, 0.4) is 0 Å². The number of rotatable bonds is 2. The molecule has 0 fully saturated rings. The molecule has 0 aliphatic rings. The molecular formula is C10H10N2S. The zero-order valence-corrected chi connectivity index (χ0v) is 7.92. The second-order valence-corrected chi connectivity index (χ2v) is 3.88. The zero-order chi connectivity index (χ0) is 9.10. The molecule has 2 aromatic rings. The van der Waals surface area contributed by atoms with E-state index in [1.807, 2.05) is 23.7 Å². The molecule has 0 spiro atoms. The highest BCUT2D eigenvalue weighted by molar-refractivity contribution is 7.10. The normalized spacial score (nSPS) is 10.2. The highest BCUT2D eigenvalue weighted by Crippen LogP contribution is 2.19. The molecule has 0 aliphatic heterocycles. The molecule has 0 saturated carbocycles. The van der Waals surface area contributed by atoms with Gasteiger partial charge in [-0.3, -0.25) is 4.98 Å². The maximum Gasteiger partial charge on any atom is 0.0425 e. The van der Waals surface area contributed by atoms with Gasteiger partial charge in [0.1, 0.15) is 0 Å². The van der Waals surface area contributed by atoms with Gasteiger partial charge in [-0.1, -0.05) is 6.07 Å². The largest absolute Gasteiger partial charge is 0.398 e. The molecule has 2 nitrogen and oxygen atoms in total. The summed E-state index contributed by atoms with van der Waals surface area (Å²) in [5, 5.41) is 1.96. The van der Waals surface area contributed by atoms with Crippen LogP contribution in [-0.4, -0.2) is 4.98 Å². The van der Waals surface area contributed by atoms with E-state index in [0.717, 1.165) is 12.1 Å². The second-order valence-electron chi connectivity index (χ2n) is 2.88. The van der Waals surface area contributed by atoms with Crippen molar-refractivity contribution in [2.24, 2.45) is 0 Å². The Balaban J connectivity index is 2.15. The first kappa shape index (κ1) is 8.26. The molecular weight excluding hydrogens is 180 g/mol. The fraction of sp³-hybridized carbons (Fsp3) is 0.100. The van der Waals surface area contributed by atoms with E-state index in [-0.39, 0.29) is 0 Å². The molecule has 0 aliphatic carbocycles. The molecule has 0 amide bonds. The van der Waals surface area contributed by atoms with E-state index in [9.17, 15) is 0 Å². The van der Waals surface area contributed by atoms with Crippen molar-refractivity contribution in [2.75, 3.05) is 5.73 Å². The highest BCUT2D eigenvalue weighted by Gasteiger charge is 1.98. The third kappa shape index (κ3) is 2.06. The lowest BCUT2D eigenvalue weighted by Crippen LogP contribution is -1.85. The maximum atomic E-state index is 5.63. The summed E-state index contributed by atoms with van der Waals surface area (Å²) in [7, 11) is 0. The van der Waals surface area contributed by atoms with Gasteiger partial charge < -0.3 is 5.73 Å². The zero-order valence-electron chi connectivity index (χ0n) is 7.10. The van der Waals surface area contributed by atoms with Crippen molar-refractivity contribution >= 4 is 17.0 Å². The Morgan fingerprint density at radius 1 is 1.46 bits per heavy atom. The minimum absolute atomic E-state index is 0.851. The first-order valence-corrected chi connectivity index (χ1v) is 4.94. The van der Waals surface area contributed by atoms with Crippen molar-refractivity contribution < 1.29 is 0 Å². The quantitative estimate of drug-likeness (QED) is 0.789. The van der Waals surface area contributed by atoms with E-state index in [2.05, 4.69) is 11.1 Å². The number of nitrogen functional groups attached to an aromatic ring is 1. The lowest BCUT2D eigenvalue weighted by atomic mass is 10.2. The van der Waals surface area contributed by atoms with Gasteiger partial charge in [-0.15, -0.1) is 11.3 Å². The number of thiophene rings is 1. The number of aromatic nitrogens is 1. The van der Waals surface area contributed by atoms with Gasteiger partial charge in [0.05, 0.1) is 0 Å². The van der Waals surface area contributed by atoms with E-state index in [1.165, 1.54) is 10.4 Å². The minimum Gasteiger partial charge on any atom is -0.398 e. The van der Waals surface area contributed by atoms with Gasteiger partial charge in [-0.2, -0.15) is 0 Å². The van der Waals surface area contributed by atoms with Crippen LogP contribution in [0, 0.1) is 0 Å². The molecule has 13 heavy (non-hydrogen) atoms. The first-order chi connectivity index (χ1) is 6.34. The van der Waals surface area contributed by atoms with Gasteiger partial charge in [0.2, 0.25) is 0 Å². The summed E-state index contributed by atoms with van der Waals surface area (Å²) in [6, 6.07) is 6.03. The van der Waals surface area contributed by atoms with E-state index >= 15 is 0 Å². The number of pyridine rings is 1. The van der Waals surface area contributed by atoms with Gasteiger partial charge in [0, 0.05) is 34.8 Å². The SMILES string of the molecule is Nc1csc(Cc2cccnc2)c1. The third-order valence-corrected chi connectivity index (χ3v) is 2.73. The molecule has 3 heteroatoms. The summed E-state index contributed by atoms with van der Waals surface area (Å²) >= 11 is 1.69. The van der Waals surface area contributed by atoms with E-state index in [4.69, 9.17) is 5.73 Å². The lowest BCUT2D eigenvalue weighted by Gasteiger charge is -1.95. The monoisotopic (exact) mass is 190 g/mol. The Hall–Kier alpha value is -1.35. The highest BCUT2D eigenvalue weighted by atomic mass is 32.1. The summed E-state index contributed by atoms with van der Waals surface area (Å²) < 4.78 is 0. The maximum absolute atomic E-state index is 5.63. The smallest absolute Gasteiger partial charge is 0.0425 e. The fourth-order valence-corrected chi connectivity index (χ4v) is 2.00. The number of hydrogen-bond acceptors (Lipinski definition) is 3. The standard InChI is InChI=1S/C10H10N2S/c11-9-5-10(13-7-9)4-8-2-1-3-12-6-8/h1-3,5-7H,4,11H2. The Bertz CT molecular complexity index is 381. The molecule has 0 bridgehead atoms. The summed E-state index contributed by atoms with van der Waals surface area (Å²) in [5.41, 5.74) is 7.70. The lowest BCUT2D eigenvalue weighted by molar-refractivity contribution is 1.17. The molecule has 2 N–H and O–H groups in total. The number of nitrogens with two attached hydrogens (primary N) is 1. The Morgan fingerprint density at radius 2 is 2.38 bits per heavy atom. The molecule has 2 heterocycles. The topological polar surface area (TPSA) is 38.9 Å². The van der Waals surface area contributed by atoms with Gasteiger partial charge in [0.25, 0.3) is 0 Å². The summed E-state index contributed by atoms with van der Waals surface area (Å²) in [6.07, 6.45) is 4.60. The van der Waals surface area contributed by atoms with E-state index in [1.54, 1.807) is 17.5 Å². The van der Waals surface area contributed by atoms with Crippen molar-refractivity contribution in [2.45, 2.75) is 6.42 Å². The van der Waals surface area contributed by atoms with E-state index in [0.29, 0.717) is 0 Å². The molecule has 0 aromatic carbocycles. The Morgan fingerprint density at radius 3 is 3.00 bits per heavy atom. The molecule has 2 rings (SSSR count). The second kappa shape index (κ2) is 3.58. The van der Waals surface area contributed by atoms with Crippen LogP contribution in [-0.2, 0) is 6.42 Å². The number of nitrogens with zero attached hydrogens (tertiary/aromatic N) is 1. The van der Waals surface area contributed by atoms with Crippen molar-refractivity contribution in [3.05, 3.63) is 46.4 Å². The third-order valence-electron chi connectivity index (χ3n) is 1.78. The van der Waals surface area contributed by atoms with Crippen molar-refractivity contribution in [1.29, 1.82) is 0 Å². The van der Waals surface area contributed by atoms with Gasteiger partial charge in [0.15, 0.2) is 0 Å². The predicted octanol–water partition coefficient (Wildman–Crippen LogP) is 2.32. The van der Waals surface area contributed by atoms with E-state index < -0.39 is 0 Å². The molecule has 2 aromatic heterocycles. The van der Waals surface area contributed by atoms with Crippen LogP contribution in [0.5, 0.6) is 0 Å². The van der Waals surface area contributed by atoms with Crippen LogP contribution in [0.1, 0.15) is 10.4 Å². The van der Waals surface area contributed by atoms with Gasteiger partial charge in [-0.05, 0) is 17.7 Å². The molecule has 66 valence electrons.